The first-order valence-electron chi connectivity index (χ1n) is 6.69. The molecule has 1 aliphatic rings. The molecular formula is C13H27NO2. The summed E-state index contributed by atoms with van der Waals surface area (Å²) in [7, 11) is 0. The monoisotopic (exact) mass is 229 g/mol. The normalized spacial score (nSPS) is 16.7. The van der Waals surface area contributed by atoms with Gasteiger partial charge < -0.3 is 14.8 Å². The molecule has 1 rings (SSSR count). The van der Waals surface area contributed by atoms with Gasteiger partial charge in [-0.25, -0.2) is 0 Å². The molecule has 0 radical (unpaired) electrons. The molecule has 1 saturated heterocycles. The van der Waals surface area contributed by atoms with Crippen molar-refractivity contribution in [2.75, 3.05) is 32.9 Å². The summed E-state index contributed by atoms with van der Waals surface area (Å²) in [4.78, 5) is 0. The summed E-state index contributed by atoms with van der Waals surface area (Å²) >= 11 is 0. The molecule has 1 aliphatic heterocycles. The van der Waals surface area contributed by atoms with Gasteiger partial charge in [-0.2, -0.15) is 0 Å². The number of hydrogen-bond acceptors (Lipinski definition) is 3. The smallest absolute Gasteiger partial charge is 0.104 e. The zero-order valence-corrected chi connectivity index (χ0v) is 10.8. The molecule has 0 aromatic carbocycles. The first-order chi connectivity index (χ1) is 7.79. The van der Waals surface area contributed by atoms with E-state index < -0.39 is 0 Å². The average Bonchev–Trinajstić information content (AvgIpc) is 2.17. The van der Waals surface area contributed by atoms with Gasteiger partial charge in [-0.05, 0) is 31.8 Å². The van der Waals surface area contributed by atoms with Crippen molar-refractivity contribution in [2.45, 2.75) is 45.6 Å². The highest BCUT2D eigenvalue weighted by atomic mass is 16.6. The summed E-state index contributed by atoms with van der Waals surface area (Å²) in [5, 5.41) is 3.46. The SMILES string of the molecule is CC(C)CNCCCCCCOC1COC1. The number of rotatable bonds is 10. The van der Waals surface area contributed by atoms with E-state index in [0.717, 1.165) is 38.8 Å². The number of ether oxygens (including phenoxy) is 2. The van der Waals surface area contributed by atoms with E-state index in [2.05, 4.69) is 19.2 Å². The standard InChI is InChI=1S/C13H27NO2/c1-12(2)9-14-7-5-3-4-6-8-16-13-10-15-11-13/h12-14H,3-11H2,1-2H3. The summed E-state index contributed by atoms with van der Waals surface area (Å²) in [6.07, 6.45) is 5.49. The third-order valence-corrected chi connectivity index (χ3v) is 2.76. The minimum absolute atomic E-state index is 0.396. The minimum Gasteiger partial charge on any atom is -0.376 e. The minimum atomic E-state index is 0.396. The van der Waals surface area contributed by atoms with Crippen molar-refractivity contribution in [1.29, 1.82) is 0 Å². The maximum absolute atomic E-state index is 5.60. The van der Waals surface area contributed by atoms with Crippen LogP contribution in [0.25, 0.3) is 0 Å². The highest BCUT2D eigenvalue weighted by molar-refractivity contribution is 4.63. The van der Waals surface area contributed by atoms with Crippen molar-refractivity contribution < 1.29 is 9.47 Å². The van der Waals surface area contributed by atoms with Gasteiger partial charge in [-0.15, -0.1) is 0 Å². The van der Waals surface area contributed by atoms with Gasteiger partial charge in [0.15, 0.2) is 0 Å². The Bertz CT molecular complexity index is 158. The molecule has 0 atom stereocenters. The Labute approximate surface area is 99.9 Å². The molecule has 0 aromatic rings. The third-order valence-electron chi connectivity index (χ3n) is 2.76. The zero-order chi connectivity index (χ0) is 11.6. The first-order valence-corrected chi connectivity index (χ1v) is 6.69. The van der Waals surface area contributed by atoms with E-state index >= 15 is 0 Å². The lowest BCUT2D eigenvalue weighted by Crippen LogP contribution is -2.36. The second-order valence-corrected chi connectivity index (χ2v) is 5.04. The molecule has 0 bridgehead atoms. The van der Waals surface area contributed by atoms with Gasteiger partial charge in [0, 0.05) is 6.61 Å². The molecule has 0 aromatic heterocycles. The van der Waals surface area contributed by atoms with Gasteiger partial charge in [0.25, 0.3) is 0 Å². The molecule has 3 nitrogen and oxygen atoms in total. The molecule has 0 spiro atoms. The molecule has 0 unspecified atom stereocenters. The third kappa shape index (κ3) is 7.20. The van der Waals surface area contributed by atoms with E-state index in [1.54, 1.807) is 0 Å². The maximum Gasteiger partial charge on any atom is 0.104 e. The average molecular weight is 229 g/mol. The maximum atomic E-state index is 5.60. The van der Waals surface area contributed by atoms with Crippen LogP contribution in [0.1, 0.15) is 39.5 Å². The summed E-state index contributed by atoms with van der Waals surface area (Å²) in [5.74, 6) is 0.762. The molecule has 16 heavy (non-hydrogen) atoms. The number of unbranched alkanes of at least 4 members (excludes halogenated alkanes) is 3. The molecule has 1 N–H and O–H groups in total. The van der Waals surface area contributed by atoms with E-state index in [9.17, 15) is 0 Å². The Morgan fingerprint density at radius 1 is 1.19 bits per heavy atom. The second-order valence-electron chi connectivity index (χ2n) is 5.04. The van der Waals surface area contributed by atoms with Crippen molar-refractivity contribution in [3.63, 3.8) is 0 Å². The van der Waals surface area contributed by atoms with Crippen LogP contribution >= 0.6 is 0 Å². The van der Waals surface area contributed by atoms with Crippen molar-refractivity contribution in [2.24, 2.45) is 5.92 Å². The van der Waals surface area contributed by atoms with E-state index in [1.165, 1.54) is 25.7 Å². The lowest BCUT2D eigenvalue weighted by molar-refractivity contribution is -0.129. The van der Waals surface area contributed by atoms with E-state index in [4.69, 9.17) is 9.47 Å². The lowest BCUT2D eigenvalue weighted by atomic mass is 10.2. The summed E-state index contributed by atoms with van der Waals surface area (Å²) in [5.41, 5.74) is 0. The van der Waals surface area contributed by atoms with Crippen molar-refractivity contribution >= 4 is 0 Å². The quantitative estimate of drug-likeness (QED) is 0.583. The zero-order valence-electron chi connectivity index (χ0n) is 10.8. The van der Waals surface area contributed by atoms with Gasteiger partial charge in [-0.3, -0.25) is 0 Å². The number of hydrogen-bond donors (Lipinski definition) is 1. The molecule has 0 amide bonds. The van der Waals surface area contributed by atoms with E-state index in [0.29, 0.717) is 6.10 Å². The summed E-state index contributed by atoms with van der Waals surface area (Å²) in [6.45, 7) is 9.31. The van der Waals surface area contributed by atoms with Crippen LogP contribution in [0.4, 0.5) is 0 Å². The Morgan fingerprint density at radius 3 is 2.56 bits per heavy atom. The Kier molecular flexibility index (Phi) is 7.81. The number of nitrogens with one attached hydrogen (secondary N) is 1. The predicted molar refractivity (Wildman–Crippen MR) is 66.7 cm³/mol. The van der Waals surface area contributed by atoms with E-state index in [1.807, 2.05) is 0 Å². The van der Waals surface area contributed by atoms with Crippen LogP contribution in [-0.2, 0) is 9.47 Å². The van der Waals surface area contributed by atoms with Crippen molar-refractivity contribution in [3.05, 3.63) is 0 Å². The van der Waals surface area contributed by atoms with E-state index in [-0.39, 0.29) is 0 Å². The van der Waals surface area contributed by atoms with Gasteiger partial charge >= 0.3 is 0 Å². The van der Waals surface area contributed by atoms with Crippen molar-refractivity contribution in [1.82, 2.24) is 5.32 Å². The Hall–Kier alpha value is -0.120. The van der Waals surface area contributed by atoms with Crippen LogP contribution in [0.3, 0.4) is 0 Å². The van der Waals surface area contributed by atoms with Crippen LogP contribution in [0.15, 0.2) is 0 Å². The van der Waals surface area contributed by atoms with Crippen LogP contribution < -0.4 is 5.32 Å². The van der Waals surface area contributed by atoms with Crippen LogP contribution in [-0.4, -0.2) is 39.0 Å². The van der Waals surface area contributed by atoms with Gasteiger partial charge in [-0.1, -0.05) is 26.7 Å². The summed E-state index contributed by atoms with van der Waals surface area (Å²) in [6, 6.07) is 0. The molecular weight excluding hydrogens is 202 g/mol. The van der Waals surface area contributed by atoms with Gasteiger partial charge in [0.1, 0.15) is 6.10 Å². The highest BCUT2D eigenvalue weighted by Crippen LogP contribution is 2.07. The molecule has 3 heteroatoms. The van der Waals surface area contributed by atoms with Gasteiger partial charge in [0.05, 0.1) is 13.2 Å². The van der Waals surface area contributed by atoms with Crippen LogP contribution in [0.2, 0.25) is 0 Å². The molecule has 0 aliphatic carbocycles. The fourth-order valence-corrected chi connectivity index (χ4v) is 1.66. The van der Waals surface area contributed by atoms with Crippen molar-refractivity contribution in [3.8, 4) is 0 Å². The fourth-order valence-electron chi connectivity index (χ4n) is 1.66. The van der Waals surface area contributed by atoms with Crippen LogP contribution in [0, 0.1) is 5.92 Å². The lowest BCUT2D eigenvalue weighted by Gasteiger charge is -2.25. The highest BCUT2D eigenvalue weighted by Gasteiger charge is 2.17. The fraction of sp³-hybridized carbons (Fsp3) is 1.00. The van der Waals surface area contributed by atoms with Gasteiger partial charge in [0.2, 0.25) is 0 Å². The predicted octanol–water partition coefficient (Wildman–Crippen LogP) is 2.21. The molecule has 1 heterocycles. The largest absolute Gasteiger partial charge is 0.376 e. The summed E-state index contributed by atoms with van der Waals surface area (Å²) < 4.78 is 10.6. The topological polar surface area (TPSA) is 30.5 Å². The Morgan fingerprint density at radius 2 is 1.94 bits per heavy atom. The Balaban J connectivity index is 1.68. The molecule has 1 fully saturated rings. The molecule has 96 valence electrons. The second kappa shape index (κ2) is 8.97. The first kappa shape index (κ1) is 13.9. The molecule has 0 saturated carbocycles. The van der Waals surface area contributed by atoms with Crippen LogP contribution in [0.5, 0.6) is 0 Å².